The lowest BCUT2D eigenvalue weighted by molar-refractivity contribution is -0.203. The molecule has 0 spiro atoms. The summed E-state index contributed by atoms with van der Waals surface area (Å²) in [5, 5.41) is 1.40. The van der Waals surface area contributed by atoms with Crippen molar-refractivity contribution in [1.82, 2.24) is 15.0 Å². The summed E-state index contributed by atoms with van der Waals surface area (Å²) in [4.78, 5) is 35.4. The van der Waals surface area contributed by atoms with Gasteiger partial charge in [-0.15, -0.1) is 0 Å². The number of benzene rings is 2. The van der Waals surface area contributed by atoms with E-state index in [0.29, 0.717) is 10.9 Å². The van der Waals surface area contributed by atoms with Crippen molar-refractivity contribution in [1.29, 1.82) is 0 Å². The lowest BCUT2D eigenvalue weighted by atomic mass is 10.1. The molecule has 0 aliphatic carbocycles. The standard InChI is InChI=1S/C22H16F3N5O3/c1-12-10-18(14-7-2-4-8-16(14)27-12)30-11-15(13-6-3-5-9-17(13)30)19(31)28-21(26)29-33-20(32)22(23,24)25/h2-11H,1H3,(H3,26,28,29,31). The predicted octanol–water partition coefficient (Wildman–Crippen LogP) is 3.55. The van der Waals surface area contributed by atoms with Gasteiger partial charge in [-0.25, -0.2) is 4.79 Å². The quantitative estimate of drug-likeness (QED) is 0.272. The van der Waals surface area contributed by atoms with E-state index in [2.05, 4.69) is 14.8 Å². The third-order valence-corrected chi connectivity index (χ3v) is 4.73. The van der Waals surface area contributed by atoms with Crippen molar-refractivity contribution in [2.24, 2.45) is 10.7 Å². The summed E-state index contributed by atoms with van der Waals surface area (Å²) in [7, 11) is 0. The fraction of sp³-hybridized carbons (Fsp3) is 0.0909. The van der Waals surface area contributed by atoms with Crippen molar-refractivity contribution in [3.05, 3.63) is 72.1 Å². The molecule has 0 atom stereocenters. The second kappa shape index (κ2) is 8.26. The van der Waals surface area contributed by atoms with Crippen molar-refractivity contribution >= 4 is 39.6 Å². The molecular formula is C22H16F3N5O3. The van der Waals surface area contributed by atoms with Crippen LogP contribution < -0.4 is 11.2 Å². The Bertz CT molecular complexity index is 1430. The van der Waals surface area contributed by atoms with E-state index in [4.69, 9.17) is 5.73 Å². The summed E-state index contributed by atoms with van der Waals surface area (Å²) in [6.45, 7) is 1.85. The summed E-state index contributed by atoms with van der Waals surface area (Å²) in [6.07, 6.45) is -3.66. The number of amides is 1. The number of carbonyl (C=O) groups excluding carboxylic acids is 2. The number of rotatable bonds is 2. The lowest BCUT2D eigenvalue weighted by Gasteiger charge is -2.10. The van der Waals surface area contributed by atoms with E-state index in [1.807, 2.05) is 47.9 Å². The van der Waals surface area contributed by atoms with Gasteiger partial charge in [0.15, 0.2) is 0 Å². The average Bonchev–Trinajstić information content (AvgIpc) is 3.16. The number of guanidine groups is 1. The van der Waals surface area contributed by atoms with Crippen molar-refractivity contribution < 1.29 is 27.6 Å². The molecule has 0 aliphatic rings. The molecule has 4 aromatic rings. The monoisotopic (exact) mass is 455 g/mol. The van der Waals surface area contributed by atoms with Gasteiger partial charge in [-0.05, 0) is 25.1 Å². The summed E-state index contributed by atoms with van der Waals surface area (Å²) in [5.41, 5.74) is 10.1. The molecule has 11 heteroatoms. The summed E-state index contributed by atoms with van der Waals surface area (Å²) in [6, 6.07) is 16.5. The molecule has 8 nitrogen and oxygen atoms in total. The lowest BCUT2D eigenvalue weighted by Crippen LogP contribution is -2.38. The van der Waals surface area contributed by atoms with Crippen molar-refractivity contribution in [2.45, 2.75) is 13.1 Å². The van der Waals surface area contributed by atoms with Crippen LogP contribution in [0.5, 0.6) is 0 Å². The van der Waals surface area contributed by atoms with E-state index >= 15 is 0 Å². The van der Waals surface area contributed by atoms with Gasteiger partial charge in [0.1, 0.15) is 0 Å². The number of hydrogen-bond acceptors (Lipinski definition) is 4. The third kappa shape index (κ3) is 4.33. The normalized spacial score (nSPS) is 12.2. The van der Waals surface area contributed by atoms with Gasteiger partial charge in [0.05, 0.1) is 22.3 Å². The van der Waals surface area contributed by atoms with E-state index < -0.39 is 24.0 Å². The van der Waals surface area contributed by atoms with Crippen LogP contribution in [0.3, 0.4) is 0 Å². The SMILES string of the molecule is Cc1cc(-n2cc(C(=O)N=C(N)NOC(=O)C(F)(F)F)c3ccccc32)c2ccccc2n1. The van der Waals surface area contributed by atoms with Gasteiger partial charge >= 0.3 is 12.1 Å². The Hall–Kier alpha value is -4.41. The maximum Gasteiger partial charge on any atom is 0.493 e. The van der Waals surface area contributed by atoms with Crippen LogP contribution in [0.2, 0.25) is 0 Å². The van der Waals surface area contributed by atoms with Gasteiger partial charge in [0.2, 0.25) is 5.96 Å². The summed E-state index contributed by atoms with van der Waals surface area (Å²) < 4.78 is 38.5. The molecule has 0 radical (unpaired) electrons. The van der Waals surface area contributed by atoms with Crippen LogP contribution >= 0.6 is 0 Å². The minimum Gasteiger partial charge on any atom is -0.367 e. The van der Waals surface area contributed by atoms with Gasteiger partial charge in [-0.2, -0.15) is 23.6 Å². The first-order valence-electron chi connectivity index (χ1n) is 9.54. The largest absolute Gasteiger partial charge is 0.493 e. The predicted molar refractivity (Wildman–Crippen MR) is 115 cm³/mol. The molecule has 2 aromatic heterocycles. The number of aryl methyl sites for hydroxylation is 1. The molecule has 4 rings (SSSR count). The van der Waals surface area contributed by atoms with Crippen LogP contribution in [0.4, 0.5) is 13.2 Å². The average molecular weight is 455 g/mol. The van der Waals surface area contributed by atoms with E-state index in [1.54, 1.807) is 24.4 Å². The third-order valence-electron chi connectivity index (χ3n) is 4.73. The summed E-state index contributed by atoms with van der Waals surface area (Å²) >= 11 is 0. The number of nitrogens with two attached hydrogens (primary N) is 1. The number of nitrogens with zero attached hydrogens (tertiary/aromatic N) is 3. The van der Waals surface area contributed by atoms with E-state index in [9.17, 15) is 22.8 Å². The molecule has 33 heavy (non-hydrogen) atoms. The molecule has 0 saturated carbocycles. The fourth-order valence-electron chi connectivity index (χ4n) is 3.38. The van der Waals surface area contributed by atoms with Crippen molar-refractivity contribution in [2.75, 3.05) is 0 Å². The topological polar surface area (TPSA) is 112 Å². The van der Waals surface area contributed by atoms with Gasteiger partial charge in [-0.3, -0.25) is 9.78 Å². The van der Waals surface area contributed by atoms with Gasteiger partial charge in [-0.1, -0.05) is 36.4 Å². The van der Waals surface area contributed by atoms with Crippen LogP contribution in [0.1, 0.15) is 16.1 Å². The van der Waals surface area contributed by atoms with Gasteiger partial charge in [0, 0.05) is 22.7 Å². The number of hydrogen-bond donors (Lipinski definition) is 2. The zero-order valence-corrected chi connectivity index (χ0v) is 17.1. The molecule has 168 valence electrons. The number of aliphatic imine (C=N–C) groups is 1. The number of nitrogens with one attached hydrogen (secondary N) is 1. The maximum atomic E-state index is 12.8. The molecular weight excluding hydrogens is 439 g/mol. The summed E-state index contributed by atoms with van der Waals surface area (Å²) in [5.74, 6) is -4.17. The van der Waals surface area contributed by atoms with Crippen molar-refractivity contribution in [3.8, 4) is 5.69 Å². The highest BCUT2D eigenvalue weighted by Gasteiger charge is 2.41. The van der Waals surface area contributed by atoms with E-state index in [1.165, 1.54) is 5.48 Å². The molecule has 0 aliphatic heterocycles. The second-order valence-electron chi connectivity index (χ2n) is 7.02. The first kappa shape index (κ1) is 21.8. The highest BCUT2D eigenvalue weighted by atomic mass is 19.4. The Morgan fingerprint density at radius 1 is 1.09 bits per heavy atom. The number of aromatic nitrogens is 2. The van der Waals surface area contributed by atoms with Crippen molar-refractivity contribution in [3.63, 3.8) is 0 Å². The number of para-hydroxylation sites is 2. The Morgan fingerprint density at radius 2 is 1.76 bits per heavy atom. The Morgan fingerprint density at radius 3 is 2.48 bits per heavy atom. The number of fused-ring (bicyclic) bond motifs is 2. The zero-order chi connectivity index (χ0) is 23.8. The maximum absolute atomic E-state index is 12.8. The first-order valence-corrected chi connectivity index (χ1v) is 9.54. The molecule has 3 N–H and O–H groups in total. The molecule has 0 unspecified atom stereocenters. The van der Waals surface area contributed by atoms with Crippen LogP contribution in [-0.2, 0) is 9.63 Å². The highest BCUT2D eigenvalue weighted by Crippen LogP contribution is 2.29. The number of alkyl halides is 3. The fourth-order valence-corrected chi connectivity index (χ4v) is 3.38. The number of carbonyl (C=O) groups is 2. The minimum absolute atomic E-state index is 0.149. The van der Waals surface area contributed by atoms with Crippen LogP contribution in [0, 0.1) is 6.92 Å². The van der Waals surface area contributed by atoms with E-state index in [-0.39, 0.29) is 5.56 Å². The van der Waals surface area contributed by atoms with Crippen LogP contribution in [0.15, 0.2) is 65.8 Å². The first-order chi connectivity index (χ1) is 15.6. The Labute approximate surface area is 184 Å². The smallest absolute Gasteiger partial charge is 0.367 e. The number of pyridine rings is 1. The number of hydroxylamine groups is 1. The molecule has 2 aromatic carbocycles. The Balaban J connectivity index is 1.75. The zero-order valence-electron chi connectivity index (χ0n) is 17.1. The minimum atomic E-state index is -5.23. The molecule has 1 amide bonds. The molecule has 0 saturated heterocycles. The molecule has 2 heterocycles. The molecule has 0 fully saturated rings. The van der Waals surface area contributed by atoms with Crippen LogP contribution in [0.25, 0.3) is 27.5 Å². The van der Waals surface area contributed by atoms with Crippen LogP contribution in [-0.4, -0.2) is 33.6 Å². The molecule has 0 bridgehead atoms. The Kier molecular flexibility index (Phi) is 5.46. The number of halogens is 3. The van der Waals surface area contributed by atoms with Gasteiger partial charge in [0.25, 0.3) is 5.91 Å². The van der Waals surface area contributed by atoms with E-state index in [0.717, 1.165) is 22.3 Å². The highest BCUT2D eigenvalue weighted by molar-refractivity contribution is 6.11. The van der Waals surface area contributed by atoms with Gasteiger partial charge < -0.3 is 15.1 Å². The second-order valence-corrected chi connectivity index (χ2v) is 7.02.